The van der Waals surface area contributed by atoms with E-state index in [9.17, 15) is 14.3 Å². The Hall–Kier alpha value is -2.77. The number of halogens is 1. The molecule has 0 spiro atoms. The first-order valence-corrected chi connectivity index (χ1v) is 9.93. The fourth-order valence-electron chi connectivity index (χ4n) is 3.79. The summed E-state index contributed by atoms with van der Waals surface area (Å²) >= 11 is 0. The van der Waals surface area contributed by atoms with Gasteiger partial charge in [0.2, 0.25) is 0 Å². The molecule has 4 atom stereocenters. The second-order valence-electron chi connectivity index (χ2n) is 7.40. The van der Waals surface area contributed by atoms with Crippen molar-refractivity contribution in [3.63, 3.8) is 0 Å². The van der Waals surface area contributed by atoms with E-state index in [1.165, 1.54) is 4.90 Å². The van der Waals surface area contributed by atoms with E-state index in [-0.39, 0.29) is 30.9 Å². The highest BCUT2D eigenvalue weighted by Gasteiger charge is 2.48. The maximum absolute atomic E-state index is 13.5. The zero-order valence-corrected chi connectivity index (χ0v) is 17.0. The van der Waals surface area contributed by atoms with E-state index in [1.54, 1.807) is 6.21 Å². The van der Waals surface area contributed by atoms with Crippen LogP contribution in [-0.2, 0) is 15.9 Å². The van der Waals surface area contributed by atoms with Crippen LogP contribution in [0.1, 0.15) is 32.4 Å². The number of carbonyl (C=O) groups is 1. The monoisotopic (exact) mass is 419 g/mol. The maximum Gasteiger partial charge on any atom is 0.409 e. The minimum Gasteiger partial charge on any atom is -0.445 e. The number of hydrogen-bond donors (Lipinski definition) is 2. The van der Waals surface area contributed by atoms with Crippen molar-refractivity contribution >= 4 is 23.8 Å². The van der Waals surface area contributed by atoms with Crippen LogP contribution in [0, 0.1) is 24.3 Å². The second-order valence-corrected chi connectivity index (χ2v) is 7.40. The lowest BCUT2D eigenvalue weighted by Crippen LogP contribution is -2.45. The number of rotatable bonds is 6. The van der Waals surface area contributed by atoms with Gasteiger partial charge in [0, 0.05) is 38.1 Å². The quantitative estimate of drug-likeness (QED) is 0.529. The van der Waals surface area contributed by atoms with Crippen LogP contribution in [0.25, 0.3) is 0 Å². The first-order valence-electron chi connectivity index (χ1n) is 9.93. The van der Waals surface area contributed by atoms with Crippen molar-refractivity contribution in [1.82, 2.24) is 14.9 Å². The van der Waals surface area contributed by atoms with Crippen LogP contribution in [0.2, 0.25) is 0 Å². The Balaban J connectivity index is 1.63. The van der Waals surface area contributed by atoms with Crippen LogP contribution >= 0.6 is 0 Å². The van der Waals surface area contributed by atoms with Crippen molar-refractivity contribution in [2.45, 2.75) is 50.9 Å². The molecule has 0 bridgehead atoms. The molecule has 0 saturated carbocycles. The molecule has 3 rings (SSSR count). The molecule has 30 heavy (non-hydrogen) atoms. The van der Waals surface area contributed by atoms with Crippen molar-refractivity contribution in [1.29, 1.82) is 0 Å². The van der Waals surface area contributed by atoms with Gasteiger partial charge in [0.05, 0.1) is 11.8 Å². The van der Waals surface area contributed by atoms with Crippen LogP contribution in [0.15, 0.2) is 4.99 Å². The molecule has 2 aliphatic rings. The van der Waals surface area contributed by atoms with E-state index >= 15 is 0 Å². The van der Waals surface area contributed by atoms with Gasteiger partial charge in [-0.15, -0.1) is 6.42 Å². The van der Waals surface area contributed by atoms with Gasteiger partial charge >= 0.3 is 12.2 Å². The zero-order chi connectivity index (χ0) is 21.9. The summed E-state index contributed by atoms with van der Waals surface area (Å²) in [5.41, 5.74) is 5.09. The molecular weight excluding hydrogens is 393 g/mol. The van der Waals surface area contributed by atoms with Gasteiger partial charge in [-0.3, -0.25) is 4.99 Å². The largest absolute Gasteiger partial charge is 0.445 e. The van der Waals surface area contributed by atoms with Crippen molar-refractivity contribution < 1.29 is 23.8 Å². The fourth-order valence-corrected chi connectivity index (χ4v) is 3.79. The number of hydrogen-bond acceptors (Lipinski definition) is 8. The number of aliphatic hydroxyl groups is 1. The number of nitrogens with zero attached hydrogens (tertiary/aromatic N) is 4. The molecule has 0 radical (unpaired) electrons. The van der Waals surface area contributed by atoms with Gasteiger partial charge in [0.25, 0.3) is 0 Å². The molecule has 0 aliphatic carbocycles. The molecule has 1 amide bonds. The maximum atomic E-state index is 13.5. The summed E-state index contributed by atoms with van der Waals surface area (Å²) in [5.74, 6) is 2.37. The van der Waals surface area contributed by atoms with Crippen molar-refractivity contribution in [3.05, 3.63) is 11.8 Å². The normalized spacial score (nSPS) is 27.4. The van der Waals surface area contributed by atoms with Crippen LogP contribution < -0.4 is 5.73 Å². The standard InChI is InChI=1S/C20H26FN5O4/c1-4-20(11-29-19(28)26(5-2)6-3)15(27)9-13(30-20)7-12-8-14-16(23-10-12)17(22)25-18(21)24-14/h1,10,12-13,15,27H,5-9,11H2,2-3H3,(H2,22,24,25)/t12?,13-,15-,20+/m0/s1. The second kappa shape index (κ2) is 8.93. The summed E-state index contributed by atoms with van der Waals surface area (Å²) in [7, 11) is 0. The smallest absolute Gasteiger partial charge is 0.409 e. The first kappa shape index (κ1) is 21.9. The van der Waals surface area contributed by atoms with Crippen LogP contribution in [0.5, 0.6) is 0 Å². The molecular formula is C20H26FN5O4. The molecule has 10 heteroatoms. The molecule has 1 saturated heterocycles. The van der Waals surface area contributed by atoms with E-state index < -0.39 is 23.9 Å². The number of nitrogen functional groups attached to an aromatic ring is 1. The summed E-state index contributed by atoms with van der Waals surface area (Å²) in [6.45, 7) is 4.44. The summed E-state index contributed by atoms with van der Waals surface area (Å²) < 4.78 is 24.7. The summed E-state index contributed by atoms with van der Waals surface area (Å²) in [6, 6.07) is 0. The SMILES string of the molecule is C#C[C@]1(COC(=O)N(CC)CC)O[C@@H](CC2C=Nc3c(N)nc(F)nc3C2)C[C@@H]1O. The van der Waals surface area contributed by atoms with E-state index in [1.807, 2.05) is 13.8 Å². The third-order valence-electron chi connectivity index (χ3n) is 5.47. The van der Waals surface area contributed by atoms with Gasteiger partial charge < -0.3 is 25.2 Å². The Labute approximate surface area is 174 Å². The lowest BCUT2D eigenvalue weighted by molar-refractivity contribution is -0.0794. The van der Waals surface area contributed by atoms with Gasteiger partial charge in [-0.1, -0.05) is 5.92 Å². The molecule has 162 valence electrons. The topological polar surface area (TPSA) is 123 Å². The van der Waals surface area contributed by atoms with Crippen LogP contribution in [-0.4, -0.2) is 69.8 Å². The molecule has 9 nitrogen and oxygen atoms in total. The molecule has 3 heterocycles. The minimum atomic E-state index is -1.41. The molecule has 1 fully saturated rings. The summed E-state index contributed by atoms with van der Waals surface area (Å²) in [5, 5.41) is 10.5. The number of anilines is 1. The minimum absolute atomic E-state index is 0.00102. The van der Waals surface area contributed by atoms with E-state index in [0.717, 1.165) is 0 Å². The third kappa shape index (κ3) is 4.37. The zero-order valence-electron chi connectivity index (χ0n) is 17.0. The Morgan fingerprint density at radius 2 is 2.23 bits per heavy atom. The molecule has 2 aliphatic heterocycles. The van der Waals surface area contributed by atoms with Gasteiger partial charge in [-0.05, 0) is 20.3 Å². The van der Waals surface area contributed by atoms with E-state index in [2.05, 4.69) is 20.9 Å². The molecule has 1 aromatic rings. The number of fused-ring (bicyclic) bond motifs is 1. The number of nitrogens with two attached hydrogens (primary N) is 1. The number of aromatic nitrogens is 2. The number of ether oxygens (including phenoxy) is 2. The predicted octanol–water partition coefficient (Wildman–Crippen LogP) is 1.46. The molecule has 0 aromatic carbocycles. The highest BCUT2D eigenvalue weighted by atomic mass is 19.1. The number of carbonyl (C=O) groups excluding carboxylic acids is 1. The Kier molecular flexibility index (Phi) is 6.53. The van der Waals surface area contributed by atoms with Crippen LogP contribution in [0.4, 0.5) is 20.7 Å². The molecule has 1 unspecified atom stereocenters. The molecule has 3 N–H and O–H groups in total. The van der Waals surface area contributed by atoms with Crippen molar-refractivity contribution in [3.8, 4) is 12.3 Å². The van der Waals surface area contributed by atoms with Gasteiger partial charge in [-0.25, -0.2) is 9.78 Å². The average Bonchev–Trinajstić information content (AvgIpc) is 3.02. The van der Waals surface area contributed by atoms with Gasteiger partial charge in [0.15, 0.2) is 11.4 Å². The number of aliphatic imine (C=N–C) groups is 1. The summed E-state index contributed by atoms with van der Waals surface area (Å²) in [4.78, 5) is 25.1. The van der Waals surface area contributed by atoms with Crippen LogP contribution in [0.3, 0.4) is 0 Å². The Bertz CT molecular complexity index is 869. The van der Waals surface area contributed by atoms with E-state index in [4.69, 9.17) is 21.6 Å². The highest BCUT2D eigenvalue weighted by Crippen LogP contribution is 2.36. The number of amides is 1. The lowest BCUT2D eigenvalue weighted by Gasteiger charge is -2.28. The third-order valence-corrected chi connectivity index (χ3v) is 5.47. The average molecular weight is 419 g/mol. The number of aliphatic hydroxyl groups excluding tert-OH is 1. The van der Waals surface area contributed by atoms with Crippen molar-refractivity contribution in [2.24, 2.45) is 10.9 Å². The lowest BCUT2D eigenvalue weighted by atomic mass is 9.92. The Morgan fingerprint density at radius 3 is 2.90 bits per heavy atom. The van der Waals surface area contributed by atoms with Gasteiger partial charge in [0.1, 0.15) is 18.4 Å². The van der Waals surface area contributed by atoms with E-state index in [0.29, 0.717) is 37.3 Å². The highest BCUT2D eigenvalue weighted by molar-refractivity contribution is 5.75. The number of terminal acetylenes is 1. The fraction of sp³-hybridized carbons (Fsp3) is 0.600. The Morgan fingerprint density at radius 1 is 1.50 bits per heavy atom. The molecule has 1 aromatic heterocycles. The van der Waals surface area contributed by atoms with Crippen molar-refractivity contribution in [2.75, 3.05) is 25.4 Å². The summed E-state index contributed by atoms with van der Waals surface area (Å²) in [6.07, 6.45) is 5.75. The van der Waals surface area contributed by atoms with Gasteiger partial charge in [-0.2, -0.15) is 9.37 Å². The first-order chi connectivity index (χ1) is 14.3. The predicted molar refractivity (Wildman–Crippen MR) is 108 cm³/mol.